The predicted molar refractivity (Wildman–Crippen MR) is 164 cm³/mol. The van der Waals surface area contributed by atoms with Gasteiger partial charge in [-0.2, -0.15) is 0 Å². The molecule has 0 radical (unpaired) electrons. The molecule has 0 amide bonds. The highest BCUT2D eigenvalue weighted by molar-refractivity contribution is 6.02. The quantitative estimate of drug-likeness (QED) is 0.240. The summed E-state index contributed by atoms with van der Waals surface area (Å²) >= 11 is 0. The van der Waals surface area contributed by atoms with Gasteiger partial charge < -0.3 is 4.90 Å². The zero-order valence-corrected chi connectivity index (χ0v) is 22.3. The number of rotatable bonds is 3. The van der Waals surface area contributed by atoms with Crippen LogP contribution in [0, 0.1) is 5.92 Å². The molecule has 0 saturated carbocycles. The molecule has 1 unspecified atom stereocenters. The predicted octanol–water partition coefficient (Wildman–Crippen LogP) is 9.00. The minimum absolute atomic E-state index is 0.312. The number of imidazole rings is 1. The second-order valence-electron chi connectivity index (χ2n) is 11.0. The monoisotopic (exact) mass is 513 g/mol. The number of allylic oxidation sites excluding steroid dienone is 14. The van der Waals surface area contributed by atoms with Gasteiger partial charge in [-0.05, 0) is 81.8 Å². The van der Waals surface area contributed by atoms with Crippen LogP contribution in [0.15, 0.2) is 143 Å². The van der Waals surface area contributed by atoms with E-state index >= 15 is 0 Å². The number of benzene rings is 3. The number of para-hydroxylation sites is 2. The third kappa shape index (κ3) is 2.87. The smallest absolute Gasteiger partial charge is 0.114 e. The van der Waals surface area contributed by atoms with E-state index in [0.717, 1.165) is 29.9 Å². The SMILES string of the molecule is CCc1nc2cccc3c2n1-c1ccc(C2=C4C=CC=C5C=CC6=C(C(=C2)CC=C6)C54)cc1N3c1ccccc1. The van der Waals surface area contributed by atoms with Gasteiger partial charge in [0.15, 0.2) is 0 Å². The van der Waals surface area contributed by atoms with Crippen molar-refractivity contribution >= 4 is 33.7 Å². The lowest BCUT2D eigenvalue weighted by atomic mass is 9.66. The Kier molecular flexibility index (Phi) is 4.43. The van der Waals surface area contributed by atoms with Crippen LogP contribution in [0.3, 0.4) is 0 Å². The summed E-state index contributed by atoms with van der Waals surface area (Å²) in [7, 11) is 0. The molecule has 0 fully saturated rings. The number of anilines is 3. The highest BCUT2D eigenvalue weighted by atomic mass is 15.2. The van der Waals surface area contributed by atoms with Crippen molar-refractivity contribution in [2.24, 2.45) is 5.92 Å². The Morgan fingerprint density at radius 3 is 2.70 bits per heavy atom. The first-order valence-corrected chi connectivity index (χ1v) is 14.2. The molecule has 4 aromatic rings. The molecule has 3 nitrogen and oxygen atoms in total. The number of hydrogen-bond donors (Lipinski definition) is 0. The second-order valence-corrected chi connectivity index (χ2v) is 11.0. The summed E-state index contributed by atoms with van der Waals surface area (Å²) in [6.07, 6.45) is 20.3. The van der Waals surface area contributed by atoms with E-state index < -0.39 is 0 Å². The maximum atomic E-state index is 5.05. The lowest BCUT2D eigenvalue weighted by Crippen LogP contribution is -2.22. The maximum Gasteiger partial charge on any atom is 0.114 e. The molecule has 0 N–H and O–H groups in total. The summed E-state index contributed by atoms with van der Waals surface area (Å²) in [6.45, 7) is 2.19. The number of fused-ring (bicyclic) bond motifs is 2. The standard InChI is InChI=1S/C37H27N3/c1-2-34-38-30-15-8-16-32-37(30)40(34)31-20-19-25(22-33(31)39(32)27-12-4-3-5-13-27)29-21-26-11-6-9-23-17-18-24-10-7-14-28(29)36(24)35(23)26/h3-10,12-22,36H,2,11H2,1H3. The van der Waals surface area contributed by atoms with Crippen molar-refractivity contribution in [2.45, 2.75) is 19.8 Å². The molecule has 1 aromatic heterocycles. The van der Waals surface area contributed by atoms with Gasteiger partial charge >= 0.3 is 0 Å². The normalized spacial score (nSPS) is 19.6. The Morgan fingerprint density at radius 1 is 0.875 bits per heavy atom. The fraction of sp³-hybridized carbons (Fsp3) is 0.108. The Bertz CT molecular complexity index is 2000. The van der Waals surface area contributed by atoms with Gasteiger partial charge in [0.1, 0.15) is 5.82 Å². The van der Waals surface area contributed by atoms with Crippen LogP contribution in [0.2, 0.25) is 0 Å². The van der Waals surface area contributed by atoms with Crippen molar-refractivity contribution in [1.29, 1.82) is 0 Å². The fourth-order valence-electron chi connectivity index (χ4n) is 7.26. The van der Waals surface area contributed by atoms with Crippen molar-refractivity contribution in [1.82, 2.24) is 9.55 Å². The number of hydrogen-bond acceptors (Lipinski definition) is 2. The Morgan fingerprint density at radius 2 is 1.80 bits per heavy atom. The van der Waals surface area contributed by atoms with Gasteiger partial charge in [0.25, 0.3) is 0 Å². The minimum Gasteiger partial charge on any atom is -0.306 e. The van der Waals surface area contributed by atoms with Crippen molar-refractivity contribution < 1.29 is 0 Å². The Labute approximate surface area is 233 Å². The van der Waals surface area contributed by atoms with Gasteiger partial charge in [-0.15, -0.1) is 0 Å². The molecule has 0 spiro atoms. The topological polar surface area (TPSA) is 21.1 Å². The first kappa shape index (κ1) is 22.0. The van der Waals surface area contributed by atoms with Gasteiger partial charge in [-0.3, -0.25) is 4.57 Å². The summed E-state index contributed by atoms with van der Waals surface area (Å²) in [5.74, 6) is 1.41. The molecule has 40 heavy (non-hydrogen) atoms. The van der Waals surface area contributed by atoms with E-state index in [9.17, 15) is 0 Å². The van der Waals surface area contributed by atoms with Crippen LogP contribution in [0.5, 0.6) is 0 Å². The fourth-order valence-corrected chi connectivity index (χ4v) is 7.26. The van der Waals surface area contributed by atoms with Crippen LogP contribution in [-0.2, 0) is 6.42 Å². The van der Waals surface area contributed by atoms with Crippen LogP contribution in [-0.4, -0.2) is 9.55 Å². The number of nitrogens with zero attached hydrogens (tertiary/aromatic N) is 3. The van der Waals surface area contributed by atoms with Crippen LogP contribution >= 0.6 is 0 Å². The van der Waals surface area contributed by atoms with Gasteiger partial charge in [0, 0.05) is 18.0 Å². The van der Waals surface area contributed by atoms with E-state index in [4.69, 9.17) is 4.98 Å². The summed E-state index contributed by atoms with van der Waals surface area (Å²) < 4.78 is 2.38. The molecule has 9 rings (SSSR count). The van der Waals surface area contributed by atoms with Gasteiger partial charge in [0.2, 0.25) is 0 Å². The molecule has 4 aliphatic carbocycles. The molecular weight excluding hydrogens is 486 g/mol. The van der Waals surface area contributed by atoms with Crippen LogP contribution in [0.4, 0.5) is 17.1 Å². The lowest BCUT2D eigenvalue weighted by molar-refractivity contribution is 0.836. The Hall–Kier alpha value is -4.89. The molecular formula is C37H27N3. The van der Waals surface area contributed by atoms with Crippen molar-refractivity contribution in [3.63, 3.8) is 0 Å². The minimum atomic E-state index is 0.312. The largest absolute Gasteiger partial charge is 0.306 e. The summed E-state index contributed by atoms with van der Waals surface area (Å²) in [5, 5.41) is 0. The van der Waals surface area contributed by atoms with Crippen LogP contribution < -0.4 is 4.90 Å². The third-order valence-electron chi connectivity index (χ3n) is 8.94. The van der Waals surface area contributed by atoms with Crippen molar-refractivity contribution in [3.05, 3.63) is 155 Å². The van der Waals surface area contributed by atoms with Gasteiger partial charge in [-0.1, -0.05) is 85.9 Å². The molecule has 3 aromatic carbocycles. The first-order valence-electron chi connectivity index (χ1n) is 14.2. The van der Waals surface area contributed by atoms with Crippen LogP contribution in [0.25, 0.3) is 22.3 Å². The summed E-state index contributed by atoms with van der Waals surface area (Å²) in [5.41, 5.74) is 16.6. The zero-order chi connectivity index (χ0) is 26.4. The summed E-state index contributed by atoms with van der Waals surface area (Å²) in [6, 6.07) is 24.3. The van der Waals surface area contributed by atoms with E-state index in [-0.39, 0.29) is 0 Å². The molecule has 190 valence electrons. The molecule has 5 aliphatic rings. The molecule has 0 bridgehead atoms. The average molecular weight is 514 g/mol. The van der Waals surface area contributed by atoms with Crippen LogP contribution in [0.1, 0.15) is 24.7 Å². The highest BCUT2D eigenvalue weighted by Crippen LogP contribution is 2.52. The molecule has 2 heterocycles. The van der Waals surface area contributed by atoms with E-state index in [1.807, 2.05) is 0 Å². The van der Waals surface area contributed by atoms with E-state index in [2.05, 4.69) is 132 Å². The molecule has 1 atom stereocenters. The number of aromatic nitrogens is 2. The van der Waals surface area contributed by atoms with E-state index in [0.29, 0.717) is 5.92 Å². The molecule has 1 aliphatic heterocycles. The molecule has 3 heteroatoms. The highest BCUT2D eigenvalue weighted by Gasteiger charge is 2.35. The van der Waals surface area contributed by atoms with Crippen molar-refractivity contribution in [3.8, 4) is 5.69 Å². The van der Waals surface area contributed by atoms with Crippen molar-refractivity contribution in [2.75, 3.05) is 4.90 Å². The lowest BCUT2D eigenvalue weighted by Gasteiger charge is -2.37. The van der Waals surface area contributed by atoms with E-state index in [1.165, 1.54) is 61.6 Å². The maximum absolute atomic E-state index is 5.05. The first-order chi connectivity index (χ1) is 19.8. The van der Waals surface area contributed by atoms with E-state index in [1.54, 1.807) is 0 Å². The van der Waals surface area contributed by atoms with Gasteiger partial charge in [-0.25, -0.2) is 4.98 Å². The Balaban J connectivity index is 1.31. The molecule has 0 saturated heterocycles. The zero-order valence-electron chi connectivity index (χ0n) is 22.3. The number of aryl methyl sites for hydroxylation is 1. The second kappa shape index (κ2) is 8.06. The van der Waals surface area contributed by atoms with Gasteiger partial charge in [0.05, 0.1) is 28.1 Å². The summed E-state index contributed by atoms with van der Waals surface area (Å²) in [4.78, 5) is 7.47. The average Bonchev–Trinajstić information content (AvgIpc) is 3.40. The third-order valence-corrected chi connectivity index (χ3v) is 8.94.